The van der Waals surface area contributed by atoms with Gasteiger partial charge in [-0.2, -0.15) is 0 Å². The fraction of sp³-hybridized carbons (Fsp3) is 0.360. The molecule has 2 aromatic rings. The molecule has 0 fully saturated rings. The van der Waals surface area contributed by atoms with E-state index >= 15 is 0 Å². The van der Waals surface area contributed by atoms with Crippen molar-refractivity contribution in [2.24, 2.45) is 5.92 Å². The van der Waals surface area contributed by atoms with Crippen LogP contribution in [0.25, 0.3) is 11.4 Å². The zero-order valence-electron chi connectivity index (χ0n) is 18.5. The van der Waals surface area contributed by atoms with E-state index in [4.69, 9.17) is 6.42 Å². The van der Waals surface area contributed by atoms with Crippen LogP contribution in [0.3, 0.4) is 0 Å². The summed E-state index contributed by atoms with van der Waals surface area (Å²) in [5, 5.41) is 0. The number of rotatable bonds is 9. The van der Waals surface area contributed by atoms with Crippen molar-refractivity contribution in [2.45, 2.75) is 39.5 Å². The summed E-state index contributed by atoms with van der Waals surface area (Å²) in [6.45, 7) is 5.09. The average Bonchev–Trinajstić information content (AvgIpc) is 3.54. The Labute approximate surface area is 219 Å². The van der Waals surface area contributed by atoms with Gasteiger partial charge in [-0.05, 0) is 68.5 Å². The molecule has 2 aromatic heterocycles. The van der Waals surface area contributed by atoms with Gasteiger partial charge in [0.25, 0.3) is 11.8 Å². The third kappa shape index (κ3) is 4.53. The lowest BCUT2D eigenvalue weighted by atomic mass is 9.98. The summed E-state index contributed by atoms with van der Waals surface area (Å²) >= 11 is 10.1. The highest BCUT2D eigenvalue weighted by Crippen LogP contribution is 2.49. The first-order chi connectivity index (χ1) is 15.9. The highest BCUT2D eigenvalue weighted by Gasteiger charge is 2.49. The van der Waals surface area contributed by atoms with Crippen molar-refractivity contribution in [3.63, 3.8) is 0 Å². The lowest BCUT2D eigenvalue weighted by molar-refractivity contribution is -0.124. The van der Waals surface area contributed by atoms with Gasteiger partial charge in [0, 0.05) is 6.54 Å². The number of fused-ring (bicyclic) bond motifs is 1. The van der Waals surface area contributed by atoms with E-state index in [0.29, 0.717) is 29.3 Å². The number of carbonyl (C=O) groups excluding carboxylic acids is 2. The van der Waals surface area contributed by atoms with Crippen LogP contribution in [0.4, 0.5) is 0 Å². The van der Waals surface area contributed by atoms with Crippen molar-refractivity contribution in [3.8, 4) is 12.3 Å². The normalized spacial score (nSPS) is 16.8. The van der Waals surface area contributed by atoms with Crippen LogP contribution in [0.1, 0.15) is 49.3 Å². The smallest absolute Gasteiger partial charge is 0.262 e. The molecule has 0 aromatic carbocycles. The maximum absolute atomic E-state index is 14.0. The predicted molar refractivity (Wildman–Crippen MR) is 143 cm³/mol. The Morgan fingerprint density at radius 1 is 0.939 bits per heavy atom. The molecule has 0 N–H and O–H groups in total. The van der Waals surface area contributed by atoms with Gasteiger partial charge in [0.2, 0.25) is 0 Å². The number of carbonyl (C=O) groups is 2. The van der Waals surface area contributed by atoms with E-state index in [-0.39, 0.29) is 18.4 Å². The molecule has 1 unspecified atom stereocenters. The van der Waals surface area contributed by atoms with E-state index < -0.39 is 0 Å². The zero-order valence-corrected chi connectivity index (χ0v) is 23.3. The summed E-state index contributed by atoms with van der Waals surface area (Å²) < 4.78 is 1.90. The average molecular weight is 608 g/mol. The van der Waals surface area contributed by atoms with Gasteiger partial charge in [0.05, 0.1) is 46.4 Å². The molecule has 0 saturated heterocycles. The van der Waals surface area contributed by atoms with E-state index in [2.05, 4.69) is 51.6 Å². The topological polar surface area (TPSA) is 40.6 Å². The van der Waals surface area contributed by atoms with Gasteiger partial charge in [-0.3, -0.25) is 14.5 Å². The quantitative estimate of drug-likeness (QED) is 0.288. The Hall–Kier alpha value is -1.66. The summed E-state index contributed by atoms with van der Waals surface area (Å²) in [6.07, 6.45) is 9.92. The molecule has 0 radical (unpaired) electrons. The van der Waals surface area contributed by atoms with Crippen molar-refractivity contribution in [2.75, 3.05) is 13.1 Å². The second-order valence-corrected chi connectivity index (χ2v) is 13.0. The highest BCUT2D eigenvalue weighted by molar-refractivity contribution is 9.11. The number of nitrogens with zero attached hydrogens (tertiary/aromatic N) is 2. The third-order valence-electron chi connectivity index (χ3n) is 6.03. The van der Waals surface area contributed by atoms with Crippen molar-refractivity contribution in [1.82, 2.24) is 9.80 Å². The SMILES string of the molecule is C#CCN1C(=O)C2=C(c3ccc(Br)s3)N(CC(CC)CCCC)C(=O)C2=C1c1ccc(Br)s1. The van der Waals surface area contributed by atoms with Crippen LogP contribution >= 0.6 is 54.5 Å². The van der Waals surface area contributed by atoms with Crippen LogP contribution in [-0.4, -0.2) is 34.7 Å². The summed E-state index contributed by atoms with van der Waals surface area (Å²) in [5.41, 5.74) is 2.31. The Morgan fingerprint density at radius 3 is 1.94 bits per heavy atom. The summed E-state index contributed by atoms with van der Waals surface area (Å²) in [7, 11) is 0. The van der Waals surface area contributed by atoms with Crippen LogP contribution < -0.4 is 0 Å². The van der Waals surface area contributed by atoms with E-state index in [1.165, 1.54) is 22.7 Å². The molecular formula is C25H24Br2N2O2S2. The molecule has 4 nitrogen and oxygen atoms in total. The molecule has 2 aliphatic rings. The van der Waals surface area contributed by atoms with Gasteiger partial charge in [0.1, 0.15) is 0 Å². The first kappa shape index (κ1) is 24.5. The Balaban J connectivity index is 1.90. The maximum atomic E-state index is 14.0. The maximum Gasteiger partial charge on any atom is 0.262 e. The number of terminal acetylenes is 1. The van der Waals surface area contributed by atoms with Crippen LogP contribution in [0.2, 0.25) is 0 Å². The van der Waals surface area contributed by atoms with Crippen molar-refractivity contribution in [1.29, 1.82) is 0 Å². The molecule has 0 bridgehead atoms. The first-order valence-electron chi connectivity index (χ1n) is 11.0. The highest BCUT2D eigenvalue weighted by atomic mass is 79.9. The Morgan fingerprint density at radius 2 is 1.48 bits per heavy atom. The standard InChI is InChI=1S/C25H24Br2N2O2S2/c1-4-7-8-15(6-3)14-29-23(17-10-12-19(27)33-17)21-20(25(29)31)22(16-9-11-18(26)32-16)28(13-5-2)24(21)30/h2,9-12,15H,4,6-8,13-14H2,1,3H3. The molecule has 1 atom stereocenters. The van der Waals surface area contributed by atoms with Gasteiger partial charge >= 0.3 is 0 Å². The van der Waals surface area contributed by atoms with Gasteiger partial charge in [-0.1, -0.05) is 39.0 Å². The second kappa shape index (κ2) is 10.3. The van der Waals surface area contributed by atoms with Crippen molar-refractivity contribution in [3.05, 3.63) is 52.7 Å². The first-order valence-corrected chi connectivity index (χ1v) is 14.2. The minimum absolute atomic E-state index is 0.105. The van der Waals surface area contributed by atoms with Crippen LogP contribution in [0.5, 0.6) is 0 Å². The molecule has 4 heterocycles. The van der Waals surface area contributed by atoms with Crippen molar-refractivity contribution < 1.29 is 9.59 Å². The molecule has 0 spiro atoms. The molecule has 33 heavy (non-hydrogen) atoms. The van der Waals surface area contributed by atoms with E-state index in [1.807, 2.05) is 29.2 Å². The minimum Gasteiger partial charge on any atom is -0.306 e. The monoisotopic (exact) mass is 606 g/mol. The van der Waals surface area contributed by atoms with E-state index in [0.717, 1.165) is 48.7 Å². The van der Waals surface area contributed by atoms with Gasteiger partial charge in [0.15, 0.2) is 0 Å². The molecule has 2 aliphatic heterocycles. The Kier molecular flexibility index (Phi) is 7.64. The molecule has 172 valence electrons. The van der Waals surface area contributed by atoms with Crippen LogP contribution in [0, 0.1) is 18.3 Å². The predicted octanol–water partition coefficient (Wildman–Crippen LogP) is 6.99. The number of thiophene rings is 2. The van der Waals surface area contributed by atoms with Crippen LogP contribution in [-0.2, 0) is 9.59 Å². The van der Waals surface area contributed by atoms with Gasteiger partial charge in [-0.15, -0.1) is 29.1 Å². The fourth-order valence-corrected chi connectivity index (χ4v) is 7.28. The number of amides is 2. The molecular weight excluding hydrogens is 584 g/mol. The third-order valence-corrected chi connectivity index (χ3v) is 9.29. The van der Waals surface area contributed by atoms with E-state index in [9.17, 15) is 9.59 Å². The number of halogens is 2. The molecule has 2 amide bonds. The lowest BCUT2D eigenvalue weighted by Gasteiger charge is -2.27. The fourth-order valence-electron chi connectivity index (χ4n) is 4.38. The summed E-state index contributed by atoms with van der Waals surface area (Å²) in [6, 6.07) is 7.80. The minimum atomic E-state index is -0.195. The van der Waals surface area contributed by atoms with E-state index in [1.54, 1.807) is 4.90 Å². The number of unbranched alkanes of at least 4 members (excludes halogenated alkanes) is 1. The second-order valence-electron chi connectivity index (χ2n) is 8.08. The molecule has 4 rings (SSSR count). The molecule has 0 saturated carbocycles. The van der Waals surface area contributed by atoms with Gasteiger partial charge in [-0.25, -0.2) is 0 Å². The Bertz CT molecular complexity index is 1200. The van der Waals surface area contributed by atoms with Crippen molar-refractivity contribution >= 4 is 77.7 Å². The van der Waals surface area contributed by atoms with Gasteiger partial charge < -0.3 is 4.90 Å². The summed E-state index contributed by atoms with van der Waals surface area (Å²) in [5.74, 6) is 2.68. The summed E-state index contributed by atoms with van der Waals surface area (Å²) in [4.78, 5) is 32.9. The largest absolute Gasteiger partial charge is 0.306 e. The zero-order chi connectivity index (χ0) is 23.7. The molecule has 8 heteroatoms. The lowest BCUT2D eigenvalue weighted by Crippen LogP contribution is -2.33. The number of hydrogen-bond donors (Lipinski definition) is 0. The number of hydrogen-bond acceptors (Lipinski definition) is 4. The van der Waals surface area contributed by atoms with Crippen LogP contribution in [0.15, 0.2) is 43.0 Å². The molecule has 0 aliphatic carbocycles.